The molecule has 0 fully saturated rings. The van der Waals surface area contributed by atoms with Crippen molar-refractivity contribution in [2.45, 2.75) is 0 Å². The first kappa shape index (κ1) is 24.5. The molecular formula is C39H23N3O2. The molecule has 0 atom stereocenters. The van der Waals surface area contributed by atoms with Crippen LogP contribution in [0.25, 0.3) is 89.2 Å². The quantitative estimate of drug-likeness (QED) is 0.212. The molecule has 0 spiro atoms. The largest absolute Gasteiger partial charge is 0.456 e. The third kappa shape index (κ3) is 3.91. The SMILES string of the molecule is c1ccc(-c2nc(-c3ccccc3)nc(-c3cccc4c3oc3c(-c5ccc6c(c5)oc5ccccc56)cccc34)n2)cc1. The summed E-state index contributed by atoms with van der Waals surface area (Å²) in [7, 11) is 0. The van der Waals surface area contributed by atoms with Crippen LogP contribution in [0.15, 0.2) is 148 Å². The smallest absolute Gasteiger partial charge is 0.167 e. The van der Waals surface area contributed by atoms with Crippen LogP contribution in [0.1, 0.15) is 0 Å². The molecule has 0 radical (unpaired) electrons. The Kier molecular flexibility index (Phi) is 5.43. The van der Waals surface area contributed by atoms with Crippen LogP contribution in [-0.2, 0) is 0 Å². The van der Waals surface area contributed by atoms with Crippen molar-refractivity contribution in [2.24, 2.45) is 0 Å². The van der Waals surface area contributed by atoms with E-state index in [4.69, 9.17) is 23.8 Å². The maximum Gasteiger partial charge on any atom is 0.167 e. The first-order valence-electron chi connectivity index (χ1n) is 14.5. The summed E-state index contributed by atoms with van der Waals surface area (Å²) >= 11 is 0. The van der Waals surface area contributed by atoms with Gasteiger partial charge in [0.15, 0.2) is 17.5 Å². The van der Waals surface area contributed by atoms with E-state index in [9.17, 15) is 0 Å². The van der Waals surface area contributed by atoms with Gasteiger partial charge in [0, 0.05) is 38.2 Å². The second kappa shape index (κ2) is 9.75. The third-order valence-corrected chi connectivity index (χ3v) is 8.15. The van der Waals surface area contributed by atoms with Gasteiger partial charge in [0.25, 0.3) is 0 Å². The lowest BCUT2D eigenvalue weighted by molar-refractivity contribution is 0.668. The van der Waals surface area contributed by atoms with E-state index in [0.717, 1.165) is 71.7 Å². The molecular weight excluding hydrogens is 542 g/mol. The molecule has 206 valence electrons. The molecule has 0 aliphatic rings. The van der Waals surface area contributed by atoms with Gasteiger partial charge in [0.1, 0.15) is 22.3 Å². The molecule has 0 amide bonds. The van der Waals surface area contributed by atoms with Gasteiger partial charge in [0.05, 0.1) is 5.56 Å². The number of hydrogen-bond donors (Lipinski definition) is 0. The highest BCUT2D eigenvalue weighted by atomic mass is 16.3. The summed E-state index contributed by atoms with van der Waals surface area (Å²) in [5.41, 5.74) is 7.97. The van der Waals surface area contributed by atoms with Crippen LogP contribution < -0.4 is 0 Å². The highest BCUT2D eigenvalue weighted by molar-refractivity contribution is 6.13. The van der Waals surface area contributed by atoms with Crippen LogP contribution in [0.2, 0.25) is 0 Å². The zero-order valence-corrected chi connectivity index (χ0v) is 23.4. The van der Waals surface area contributed by atoms with Gasteiger partial charge in [-0.25, -0.2) is 15.0 Å². The molecule has 0 aliphatic heterocycles. The molecule has 0 saturated heterocycles. The topological polar surface area (TPSA) is 65.0 Å². The summed E-state index contributed by atoms with van der Waals surface area (Å²) in [6.45, 7) is 0. The third-order valence-electron chi connectivity index (χ3n) is 8.15. The zero-order chi connectivity index (χ0) is 29.0. The predicted molar refractivity (Wildman–Crippen MR) is 176 cm³/mol. The number of nitrogens with zero attached hydrogens (tertiary/aromatic N) is 3. The van der Waals surface area contributed by atoms with Crippen molar-refractivity contribution >= 4 is 43.9 Å². The number of benzene rings is 6. The van der Waals surface area contributed by atoms with Crippen molar-refractivity contribution in [1.29, 1.82) is 0 Å². The second-order valence-electron chi connectivity index (χ2n) is 10.8. The van der Waals surface area contributed by atoms with Gasteiger partial charge in [-0.3, -0.25) is 0 Å². The van der Waals surface area contributed by atoms with Gasteiger partial charge in [-0.05, 0) is 29.8 Å². The van der Waals surface area contributed by atoms with E-state index in [2.05, 4.69) is 48.5 Å². The normalized spacial score (nSPS) is 11.6. The molecule has 5 heteroatoms. The Hall–Kier alpha value is -6.07. The molecule has 0 N–H and O–H groups in total. The predicted octanol–water partition coefficient (Wildman–Crippen LogP) is 10.3. The van der Waals surface area contributed by atoms with Gasteiger partial charge in [-0.2, -0.15) is 0 Å². The van der Waals surface area contributed by atoms with Crippen molar-refractivity contribution < 1.29 is 8.83 Å². The number of fused-ring (bicyclic) bond motifs is 6. The summed E-state index contributed by atoms with van der Waals surface area (Å²) in [4.78, 5) is 14.8. The van der Waals surface area contributed by atoms with Gasteiger partial charge in [-0.15, -0.1) is 0 Å². The molecule has 0 unspecified atom stereocenters. The van der Waals surface area contributed by atoms with E-state index in [1.165, 1.54) is 0 Å². The van der Waals surface area contributed by atoms with E-state index in [1.807, 2.05) is 91.0 Å². The first-order valence-corrected chi connectivity index (χ1v) is 14.5. The Bertz CT molecular complexity index is 2440. The zero-order valence-electron chi connectivity index (χ0n) is 23.4. The Labute approximate surface area is 252 Å². The van der Waals surface area contributed by atoms with Crippen LogP contribution in [0.4, 0.5) is 0 Å². The summed E-state index contributed by atoms with van der Waals surface area (Å²) in [5.74, 6) is 1.79. The standard InChI is InChI=1S/C39H23N3O2/c1-3-11-24(12-4-1)37-40-38(25-13-5-2-6-14-25)42-39(41-37)32-19-10-18-31-30-17-9-16-27(35(30)44-36(31)32)26-21-22-29-28-15-7-8-20-33(28)43-34(29)23-26/h1-23H. The van der Waals surface area contributed by atoms with Crippen molar-refractivity contribution in [3.63, 3.8) is 0 Å². The van der Waals surface area contributed by atoms with Gasteiger partial charge < -0.3 is 8.83 Å². The summed E-state index contributed by atoms with van der Waals surface area (Å²) < 4.78 is 13.0. The average Bonchev–Trinajstić information content (AvgIpc) is 3.67. The molecule has 6 aromatic carbocycles. The molecule has 44 heavy (non-hydrogen) atoms. The summed E-state index contributed by atoms with van der Waals surface area (Å²) in [5, 5.41) is 4.25. The van der Waals surface area contributed by atoms with Crippen molar-refractivity contribution in [3.05, 3.63) is 140 Å². The van der Waals surface area contributed by atoms with Crippen molar-refractivity contribution in [1.82, 2.24) is 15.0 Å². The van der Waals surface area contributed by atoms with Crippen LogP contribution in [0.3, 0.4) is 0 Å². The highest BCUT2D eigenvalue weighted by Crippen LogP contribution is 2.41. The second-order valence-corrected chi connectivity index (χ2v) is 10.8. The maximum atomic E-state index is 6.75. The Morgan fingerprint density at radius 1 is 0.341 bits per heavy atom. The molecule has 0 aliphatic carbocycles. The van der Waals surface area contributed by atoms with Crippen LogP contribution in [-0.4, -0.2) is 15.0 Å². The minimum absolute atomic E-state index is 0.563. The minimum atomic E-state index is 0.563. The molecule has 3 aromatic heterocycles. The average molecular weight is 566 g/mol. The number of furan rings is 2. The van der Waals surface area contributed by atoms with Crippen LogP contribution >= 0.6 is 0 Å². The van der Waals surface area contributed by atoms with Gasteiger partial charge >= 0.3 is 0 Å². The lowest BCUT2D eigenvalue weighted by atomic mass is 10.0. The maximum absolute atomic E-state index is 6.75. The minimum Gasteiger partial charge on any atom is -0.456 e. The Balaban J connectivity index is 1.25. The fourth-order valence-electron chi connectivity index (χ4n) is 6.05. The van der Waals surface area contributed by atoms with E-state index in [-0.39, 0.29) is 0 Å². The number of hydrogen-bond acceptors (Lipinski definition) is 5. The van der Waals surface area contributed by atoms with Crippen LogP contribution in [0, 0.1) is 0 Å². The van der Waals surface area contributed by atoms with Gasteiger partial charge in [0.2, 0.25) is 0 Å². The highest BCUT2D eigenvalue weighted by Gasteiger charge is 2.19. The summed E-state index contributed by atoms with van der Waals surface area (Å²) in [6.07, 6.45) is 0. The van der Waals surface area contributed by atoms with E-state index in [0.29, 0.717) is 17.5 Å². The van der Waals surface area contributed by atoms with Gasteiger partial charge in [-0.1, -0.05) is 115 Å². The Morgan fingerprint density at radius 3 is 1.59 bits per heavy atom. The molecule has 5 nitrogen and oxygen atoms in total. The first-order chi connectivity index (χ1) is 21.8. The lowest BCUT2D eigenvalue weighted by Crippen LogP contribution is -2.00. The fourth-order valence-corrected chi connectivity index (χ4v) is 6.05. The summed E-state index contributed by atoms with van der Waals surface area (Å²) in [6, 6.07) is 46.9. The van der Waals surface area contributed by atoms with Crippen molar-refractivity contribution in [2.75, 3.05) is 0 Å². The van der Waals surface area contributed by atoms with E-state index < -0.39 is 0 Å². The monoisotopic (exact) mass is 565 g/mol. The fraction of sp³-hybridized carbons (Fsp3) is 0. The van der Waals surface area contributed by atoms with E-state index >= 15 is 0 Å². The molecule has 9 rings (SSSR count). The number of para-hydroxylation sites is 3. The van der Waals surface area contributed by atoms with Crippen LogP contribution in [0.5, 0.6) is 0 Å². The van der Waals surface area contributed by atoms with E-state index in [1.54, 1.807) is 0 Å². The molecule has 0 bridgehead atoms. The van der Waals surface area contributed by atoms with Crippen molar-refractivity contribution in [3.8, 4) is 45.3 Å². The molecule has 9 aromatic rings. The number of rotatable bonds is 4. The number of aromatic nitrogens is 3. The lowest BCUT2D eigenvalue weighted by Gasteiger charge is -2.08. The molecule has 3 heterocycles. The Morgan fingerprint density at radius 2 is 0.886 bits per heavy atom. The molecule has 0 saturated carbocycles.